The smallest absolute Gasteiger partial charge is 0.284 e. The summed E-state index contributed by atoms with van der Waals surface area (Å²) in [5.74, 6) is -0.642. The Morgan fingerprint density at radius 3 is 1.55 bits per heavy atom. The SMILES string of the molecule is CCC(C)C(OC)(OC)OC. The minimum Gasteiger partial charge on any atom is -0.331 e. The minimum absolute atomic E-state index is 0.225. The zero-order valence-corrected chi connectivity index (χ0v) is 8.01. The number of hydrogen-bond donors (Lipinski definition) is 0. The Morgan fingerprint density at radius 1 is 1.09 bits per heavy atom. The maximum atomic E-state index is 5.14. The van der Waals surface area contributed by atoms with Crippen molar-refractivity contribution >= 4 is 0 Å². The lowest BCUT2D eigenvalue weighted by Crippen LogP contribution is -2.42. The van der Waals surface area contributed by atoms with Crippen molar-refractivity contribution in [2.45, 2.75) is 26.2 Å². The molecule has 0 spiro atoms. The van der Waals surface area contributed by atoms with Crippen LogP contribution in [0.3, 0.4) is 0 Å². The van der Waals surface area contributed by atoms with Gasteiger partial charge in [-0.25, -0.2) is 0 Å². The topological polar surface area (TPSA) is 27.7 Å². The van der Waals surface area contributed by atoms with E-state index in [-0.39, 0.29) is 5.92 Å². The van der Waals surface area contributed by atoms with E-state index in [2.05, 4.69) is 6.92 Å². The van der Waals surface area contributed by atoms with Crippen LogP contribution in [0.1, 0.15) is 20.3 Å². The summed E-state index contributed by atoms with van der Waals surface area (Å²) in [4.78, 5) is 0. The molecule has 0 heterocycles. The van der Waals surface area contributed by atoms with E-state index in [1.165, 1.54) is 0 Å². The molecule has 0 aliphatic heterocycles. The van der Waals surface area contributed by atoms with Gasteiger partial charge < -0.3 is 14.2 Å². The van der Waals surface area contributed by atoms with Gasteiger partial charge in [-0.2, -0.15) is 0 Å². The molecule has 0 rings (SSSR count). The normalized spacial score (nSPS) is 15.0. The van der Waals surface area contributed by atoms with Crippen LogP contribution in [-0.2, 0) is 14.2 Å². The highest BCUT2D eigenvalue weighted by atomic mass is 16.9. The molecule has 0 N–H and O–H groups in total. The van der Waals surface area contributed by atoms with Crippen LogP contribution < -0.4 is 0 Å². The summed E-state index contributed by atoms with van der Waals surface area (Å²) >= 11 is 0. The zero-order valence-electron chi connectivity index (χ0n) is 8.01. The summed E-state index contributed by atoms with van der Waals surface area (Å²) in [5, 5.41) is 0. The second-order valence-electron chi connectivity index (χ2n) is 2.53. The summed E-state index contributed by atoms with van der Waals surface area (Å²) in [5.41, 5.74) is 0. The van der Waals surface area contributed by atoms with Crippen molar-refractivity contribution in [1.29, 1.82) is 0 Å². The monoisotopic (exact) mass is 162 g/mol. The number of methoxy groups -OCH3 is 3. The molecule has 0 aliphatic carbocycles. The quantitative estimate of drug-likeness (QED) is 0.575. The van der Waals surface area contributed by atoms with Crippen molar-refractivity contribution in [3.8, 4) is 0 Å². The van der Waals surface area contributed by atoms with E-state index < -0.39 is 5.97 Å². The highest BCUT2D eigenvalue weighted by molar-refractivity contribution is 4.63. The third-order valence-corrected chi connectivity index (χ3v) is 2.07. The van der Waals surface area contributed by atoms with Crippen molar-refractivity contribution in [2.75, 3.05) is 21.3 Å². The Bertz CT molecular complexity index is 91.2. The first-order chi connectivity index (χ1) is 5.16. The fraction of sp³-hybridized carbons (Fsp3) is 1.00. The van der Waals surface area contributed by atoms with Gasteiger partial charge in [-0.1, -0.05) is 13.8 Å². The number of ether oxygens (including phenoxy) is 3. The van der Waals surface area contributed by atoms with Crippen molar-refractivity contribution in [2.24, 2.45) is 5.92 Å². The predicted molar refractivity (Wildman–Crippen MR) is 43.2 cm³/mol. The van der Waals surface area contributed by atoms with Crippen LogP contribution in [0.4, 0.5) is 0 Å². The van der Waals surface area contributed by atoms with Gasteiger partial charge >= 0.3 is 0 Å². The van der Waals surface area contributed by atoms with Crippen LogP contribution in [-0.4, -0.2) is 27.3 Å². The van der Waals surface area contributed by atoms with Crippen molar-refractivity contribution in [3.63, 3.8) is 0 Å². The van der Waals surface area contributed by atoms with Gasteiger partial charge in [0, 0.05) is 27.2 Å². The van der Waals surface area contributed by atoms with E-state index in [9.17, 15) is 0 Å². The van der Waals surface area contributed by atoms with Gasteiger partial charge in [-0.15, -0.1) is 0 Å². The predicted octanol–water partition coefficient (Wildman–Crippen LogP) is 1.63. The molecule has 0 aromatic carbocycles. The summed E-state index contributed by atoms with van der Waals surface area (Å²) < 4.78 is 15.4. The Balaban J connectivity index is 4.26. The first-order valence-electron chi connectivity index (χ1n) is 3.82. The van der Waals surface area contributed by atoms with Crippen LogP contribution in [0.2, 0.25) is 0 Å². The fourth-order valence-electron chi connectivity index (χ4n) is 1.10. The highest BCUT2D eigenvalue weighted by Gasteiger charge is 2.35. The van der Waals surface area contributed by atoms with Gasteiger partial charge in [0.25, 0.3) is 5.97 Å². The lowest BCUT2D eigenvalue weighted by Gasteiger charge is -2.33. The van der Waals surface area contributed by atoms with Gasteiger partial charge in [-0.05, 0) is 6.42 Å². The van der Waals surface area contributed by atoms with E-state index in [0.717, 1.165) is 6.42 Å². The molecule has 68 valence electrons. The Morgan fingerprint density at radius 2 is 1.45 bits per heavy atom. The molecule has 0 aromatic heterocycles. The lowest BCUT2D eigenvalue weighted by atomic mass is 10.1. The van der Waals surface area contributed by atoms with Crippen molar-refractivity contribution < 1.29 is 14.2 Å². The third kappa shape index (κ3) is 2.15. The molecule has 0 aliphatic rings. The molecule has 0 amide bonds. The highest BCUT2D eigenvalue weighted by Crippen LogP contribution is 2.25. The number of hydrogen-bond acceptors (Lipinski definition) is 3. The average molecular weight is 162 g/mol. The van der Waals surface area contributed by atoms with E-state index in [0.29, 0.717) is 0 Å². The molecule has 3 heteroatoms. The molecule has 1 unspecified atom stereocenters. The standard InChI is InChI=1S/C8H18O3/c1-6-7(2)8(9-3,10-4)11-5/h7H,6H2,1-5H3. The van der Waals surface area contributed by atoms with Gasteiger partial charge in [0.1, 0.15) is 0 Å². The summed E-state index contributed by atoms with van der Waals surface area (Å²) in [7, 11) is 4.75. The second kappa shape index (κ2) is 4.70. The molecule has 3 nitrogen and oxygen atoms in total. The Kier molecular flexibility index (Phi) is 4.65. The molecule has 0 aromatic rings. The molecule has 0 radical (unpaired) electrons. The molecule has 0 saturated heterocycles. The van der Waals surface area contributed by atoms with E-state index in [1.54, 1.807) is 21.3 Å². The molecular formula is C8H18O3. The lowest BCUT2D eigenvalue weighted by molar-refractivity contribution is -0.376. The Hall–Kier alpha value is -0.120. The zero-order chi connectivity index (χ0) is 8.91. The van der Waals surface area contributed by atoms with Gasteiger partial charge in [0.15, 0.2) is 0 Å². The van der Waals surface area contributed by atoms with E-state index in [1.807, 2.05) is 6.92 Å². The van der Waals surface area contributed by atoms with E-state index in [4.69, 9.17) is 14.2 Å². The third-order valence-electron chi connectivity index (χ3n) is 2.07. The Labute approximate surface area is 68.6 Å². The molecule has 0 saturated carbocycles. The molecule has 0 fully saturated rings. The molecule has 1 atom stereocenters. The van der Waals surface area contributed by atoms with Crippen LogP contribution >= 0.6 is 0 Å². The fourth-order valence-corrected chi connectivity index (χ4v) is 1.10. The van der Waals surface area contributed by atoms with Crippen molar-refractivity contribution in [1.82, 2.24) is 0 Å². The first kappa shape index (κ1) is 10.9. The van der Waals surface area contributed by atoms with Crippen LogP contribution in [0, 0.1) is 5.92 Å². The van der Waals surface area contributed by atoms with E-state index >= 15 is 0 Å². The summed E-state index contributed by atoms with van der Waals surface area (Å²) in [6.07, 6.45) is 0.954. The number of rotatable bonds is 5. The van der Waals surface area contributed by atoms with Crippen LogP contribution in [0.25, 0.3) is 0 Å². The van der Waals surface area contributed by atoms with Gasteiger partial charge in [0.05, 0.1) is 0 Å². The molecule has 11 heavy (non-hydrogen) atoms. The maximum Gasteiger partial charge on any atom is 0.284 e. The van der Waals surface area contributed by atoms with Crippen LogP contribution in [0.15, 0.2) is 0 Å². The molecule has 0 bridgehead atoms. The van der Waals surface area contributed by atoms with Gasteiger partial charge in [-0.3, -0.25) is 0 Å². The van der Waals surface area contributed by atoms with Crippen LogP contribution in [0.5, 0.6) is 0 Å². The van der Waals surface area contributed by atoms with Gasteiger partial charge in [0.2, 0.25) is 0 Å². The summed E-state index contributed by atoms with van der Waals surface area (Å²) in [6.45, 7) is 4.09. The molecular weight excluding hydrogens is 144 g/mol. The average Bonchev–Trinajstić information content (AvgIpc) is 2.08. The second-order valence-corrected chi connectivity index (χ2v) is 2.53. The summed E-state index contributed by atoms with van der Waals surface area (Å²) in [6, 6.07) is 0. The largest absolute Gasteiger partial charge is 0.331 e. The van der Waals surface area contributed by atoms with Crippen molar-refractivity contribution in [3.05, 3.63) is 0 Å². The minimum atomic E-state index is -0.866. The first-order valence-corrected chi connectivity index (χ1v) is 3.82. The maximum absolute atomic E-state index is 5.14.